The normalized spacial score (nSPS) is 9.50. The smallest absolute Gasteiger partial charge is 0.373 e. The predicted octanol–water partition coefficient (Wildman–Crippen LogP) is 1.52. The van der Waals surface area contributed by atoms with E-state index >= 15 is 0 Å². The summed E-state index contributed by atoms with van der Waals surface area (Å²) < 4.78 is 6.97. The molecule has 0 saturated carbocycles. The maximum Gasteiger partial charge on any atom is 0.373 e. The lowest BCUT2D eigenvalue weighted by Crippen LogP contribution is -2.13. The number of carbonyl (C=O) groups is 1. The summed E-state index contributed by atoms with van der Waals surface area (Å²) in [4.78, 5) is 27.2. The molecule has 2 aromatic rings. The number of nitrogens with zero attached hydrogens (tertiary/aromatic N) is 2. The summed E-state index contributed by atoms with van der Waals surface area (Å²) in [6.07, 6.45) is 0.250. The first-order valence-electron chi connectivity index (χ1n) is 6.47. The van der Waals surface area contributed by atoms with Gasteiger partial charge in [-0.15, -0.1) is 0 Å². The summed E-state index contributed by atoms with van der Waals surface area (Å²) in [5, 5.41) is 13.1. The minimum absolute atomic E-state index is 0.195. The van der Waals surface area contributed by atoms with Crippen LogP contribution in [0.1, 0.15) is 21.7 Å². The second kappa shape index (κ2) is 9.23. The lowest BCUT2D eigenvalue weighted by Gasteiger charge is -2.06. The van der Waals surface area contributed by atoms with Crippen molar-refractivity contribution in [2.45, 2.75) is 20.1 Å². The first-order valence-corrected chi connectivity index (χ1v) is 6.47. The minimum Gasteiger partial charge on any atom is -0.477 e. The number of benzene rings is 1. The fraction of sp³-hybridized carbons (Fsp3) is 0.267. The monoisotopic (exact) mass is 304 g/mol. The van der Waals surface area contributed by atoms with Crippen molar-refractivity contribution in [3.05, 3.63) is 53.3 Å². The van der Waals surface area contributed by atoms with Gasteiger partial charge in [-0.05, 0) is 18.6 Å². The SMILES string of the molecule is Cc1cc(C(=O)O)n(CCOCc2ccccc2)n1.O=C=O. The number of aromatic nitrogens is 2. The molecule has 0 aliphatic rings. The van der Waals surface area contributed by atoms with Crippen LogP contribution in [-0.4, -0.2) is 33.6 Å². The van der Waals surface area contributed by atoms with Crippen LogP contribution < -0.4 is 0 Å². The molecular formula is C15H16N2O5. The molecule has 2 rings (SSSR count). The molecule has 7 nitrogen and oxygen atoms in total. The Balaban J connectivity index is 0.000000745. The lowest BCUT2D eigenvalue weighted by atomic mass is 10.2. The number of rotatable bonds is 6. The van der Waals surface area contributed by atoms with E-state index in [1.165, 1.54) is 4.68 Å². The average Bonchev–Trinajstić information content (AvgIpc) is 2.87. The number of aromatic carboxylic acids is 1. The second-order valence-electron chi connectivity index (χ2n) is 4.32. The van der Waals surface area contributed by atoms with Gasteiger partial charge in [0.1, 0.15) is 5.69 Å². The zero-order valence-electron chi connectivity index (χ0n) is 12.1. The third-order valence-corrected chi connectivity index (χ3v) is 2.68. The van der Waals surface area contributed by atoms with Crippen LogP contribution in [0.25, 0.3) is 0 Å². The van der Waals surface area contributed by atoms with Gasteiger partial charge in [0.2, 0.25) is 0 Å². The fourth-order valence-electron chi connectivity index (χ4n) is 1.80. The van der Waals surface area contributed by atoms with Crippen LogP contribution in [-0.2, 0) is 27.5 Å². The number of carbonyl (C=O) groups excluding carboxylic acids is 2. The van der Waals surface area contributed by atoms with Gasteiger partial charge in [-0.2, -0.15) is 14.7 Å². The topological polar surface area (TPSA) is 98.5 Å². The Morgan fingerprint density at radius 2 is 1.95 bits per heavy atom. The Kier molecular flexibility index (Phi) is 7.25. The van der Waals surface area contributed by atoms with Crippen molar-refractivity contribution in [3.63, 3.8) is 0 Å². The number of hydrogen-bond acceptors (Lipinski definition) is 5. The standard InChI is InChI=1S/C14H16N2O3.CO2/c1-11-9-13(14(17)18)16(15-11)7-8-19-10-12-5-3-2-4-6-12;2-1-3/h2-6,9H,7-8,10H2,1H3,(H,17,18);. The van der Waals surface area contributed by atoms with Crippen molar-refractivity contribution in [2.75, 3.05) is 6.61 Å². The highest BCUT2D eigenvalue weighted by atomic mass is 16.5. The van der Waals surface area contributed by atoms with Gasteiger partial charge in [-0.25, -0.2) is 4.79 Å². The molecule has 7 heteroatoms. The Hall–Kier alpha value is -2.76. The molecule has 1 aromatic carbocycles. The first kappa shape index (κ1) is 17.3. The predicted molar refractivity (Wildman–Crippen MR) is 75.0 cm³/mol. The summed E-state index contributed by atoms with van der Waals surface area (Å²) >= 11 is 0. The molecule has 0 aliphatic heterocycles. The molecule has 0 spiro atoms. The van der Waals surface area contributed by atoms with E-state index in [0.717, 1.165) is 5.56 Å². The summed E-state index contributed by atoms with van der Waals surface area (Å²) in [5.41, 5.74) is 1.99. The van der Waals surface area contributed by atoms with Crippen LogP contribution in [0.4, 0.5) is 0 Å². The molecule has 0 fully saturated rings. The molecule has 1 N–H and O–H groups in total. The molecule has 1 heterocycles. The number of aryl methyl sites for hydroxylation is 1. The number of hydrogen-bond donors (Lipinski definition) is 1. The fourth-order valence-corrected chi connectivity index (χ4v) is 1.80. The van der Waals surface area contributed by atoms with Gasteiger partial charge in [0.15, 0.2) is 0 Å². The molecule has 1 aromatic heterocycles. The molecule has 0 unspecified atom stereocenters. The highest BCUT2D eigenvalue weighted by Crippen LogP contribution is 2.05. The molecule has 0 saturated heterocycles. The number of carboxylic acids is 1. The minimum atomic E-state index is -0.969. The zero-order chi connectivity index (χ0) is 16.4. The van der Waals surface area contributed by atoms with E-state index in [1.54, 1.807) is 13.0 Å². The van der Waals surface area contributed by atoms with Crippen molar-refractivity contribution >= 4 is 12.1 Å². The van der Waals surface area contributed by atoms with E-state index in [4.69, 9.17) is 19.4 Å². The van der Waals surface area contributed by atoms with Crippen molar-refractivity contribution in [2.24, 2.45) is 0 Å². The summed E-state index contributed by atoms with van der Waals surface area (Å²) in [6, 6.07) is 11.4. The summed E-state index contributed by atoms with van der Waals surface area (Å²) in [6.45, 7) is 3.15. The quantitative estimate of drug-likeness (QED) is 0.812. The van der Waals surface area contributed by atoms with Crippen LogP contribution in [0.2, 0.25) is 0 Å². The average molecular weight is 304 g/mol. The van der Waals surface area contributed by atoms with Crippen molar-refractivity contribution < 1.29 is 24.2 Å². The van der Waals surface area contributed by atoms with Gasteiger partial charge in [-0.3, -0.25) is 4.68 Å². The van der Waals surface area contributed by atoms with E-state index in [9.17, 15) is 4.79 Å². The first-order chi connectivity index (χ1) is 10.6. The van der Waals surface area contributed by atoms with Gasteiger partial charge >= 0.3 is 12.1 Å². The third-order valence-electron chi connectivity index (χ3n) is 2.68. The van der Waals surface area contributed by atoms with Gasteiger partial charge in [0.05, 0.1) is 25.5 Å². The van der Waals surface area contributed by atoms with E-state index in [0.29, 0.717) is 25.5 Å². The zero-order valence-corrected chi connectivity index (χ0v) is 12.1. The highest BCUT2D eigenvalue weighted by molar-refractivity contribution is 5.85. The maximum atomic E-state index is 11.0. The third kappa shape index (κ3) is 5.70. The van der Waals surface area contributed by atoms with Crippen LogP contribution in [0, 0.1) is 6.92 Å². The van der Waals surface area contributed by atoms with Crippen LogP contribution >= 0.6 is 0 Å². The van der Waals surface area contributed by atoms with Gasteiger partial charge < -0.3 is 9.84 Å². The van der Waals surface area contributed by atoms with Crippen LogP contribution in [0.5, 0.6) is 0 Å². The number of ether oxygens (including phenoxy) is 1. The molecule has 0 aliphatic carbocycles. The van der Waals surface area contributed by atoms with Crippen molar-refractivity contribution in [1.29, 1.82) is 0 Å². The molecule has 0 radical (unpaired) electrons. The molecule has 0 amide bonds. The molecule has 22 heavy (non-hydrogen) atoms. The van der Waals surface area contributed by atoms with Crippen LogP contribution in [0.15, 0.2) is 36.4 Å². The Morgan fingerprint density at radius 1 is 1.32 bits per heavy atom. The van der Waals surface area contributed by atoms with E-state index < -0.39 is 5.97 Å². The molecule has 0 atom stereocenters. The summed E-state index contributed by atoms with van der Waals surface area (Å²) in [7, 11) is 0. The second-order valence-corrected chi connectivity index (χ2v) is 4.32. The number of carboxylic acid groups (broad SMARTS) is 1. The maximum absolute atomic E-state index is 11.0. The van der Waals surface area contributed by atoms with Gasteiger partial charge in [0.25, 0.3) is 0 Å². The Morgan fingerprint density at radius 3 is 2.55 bits per heavy atom. The molecular weight excluding hydrogens is 288 g/mol. The Labute approximate surface area is 127 Å². The van der Waals surface area contributed by atoms with E-state index in [1.807, 2.05) is 30.3 Å². The van der Waals surface area contributed by atoms with Crippen LogP contribution in [0.3, 0.4) is 0 Å². The van der Waals surface area contributed by atoms with Gasteiger partial charge in [0, 0.05) is 0 Å². The molecule has 116 valence electrons. The molecule has 0 bridgehead atoms. The largest absolute Gasteiger partial charge is 0.477 e. The summed E-state index contributed by atoms with van der Waals surface area (Å²) in [5.74, 6) is -0.969. The van der Waals surface area contributed by atoms with Crippen molar-refractivity contribution in [1.82, 2.24) is 9.78 Å². The van der Waals surface area contributed by atoms with E-state index in [-0.39, 0.29) is 11.8 Å². The van der Waals surface area contributed by atoms with E-state index in [2.05, 4.69) is 5.10 Å². The Bertz CT molecular complexity index is 631. The van der Waals surface area contributed by atoms with Gasteiger partial charge in [-0.1, -0.05) is 30.3 Å². The highest BCUT2D eigenvalue weighted by Gasteiger charge is 2.11. The van der Waals surface area contributed by atoms with Crippen molar-refractivity contribution in [3.8, 4) is 0 Å². The lowest BCUT2D eigenvalue weighted by molar-refractivity contribution is -0.191.